The van der Waals surface area contributed by atoms with Crippen LogP contribution in [0, 0.1) is 5.92 Å². The zero-order valence-corrected chi connectivity index (χ0v) is 20.8. The van der Waals surface area contributed by atoms with Crippen molar-refractivity contribution in [2.45, 2.75) is 31.5 Å². The molecule has 2 atom stereocenters. The predicted molar refractivity (Wildman–Crippen MR) is 137 cm³/mol. The number of anilines is 4. The third kappa shape index (κ3) is 6.77. The van der Waals surface area contributed by atoms with E-state index in [1.807, 2.05) is 18.0 Å². The van der Waals surface area contributed by atoms with E-state index >= 15 is 0 Å². The number of likely N-dealkylation sites (N-methyl/N-ethyl adjacent to an activating group) is 1. The molecule has 4 rings (SSSR count). The molecule has 2 aliphatic rings. The molecule has 0 amide bonds. The summed E-state index contributed by atoms with van der Waals surface area (Å²) in [4.78, 5) is 12.6. The van der Waals surface area contributed by atoms with Crippen LogP contribution in [0.2, 0.25) is 5.02 Å². The molecule has 0 radical (unpaired) electrons. The second kappa shape index (κ2) is 11.9. The topological polar surface area (TPSA) is 82.3 Å². The molecule has 192 valence electrons. The number of hydrogen-bond donors (Lipinski definition) is 3. The summed E-state index contributed by atoms with van der Waals surface area (Å²) >= 11 is 6.26. The Morgan fingerprint density at radius 2 is 1.89 bits per heavy atom. The molecule has 11 heteroatoms. The van der Waals surface area contributed by atoms with E-state index in [9.17, 15) is 13.2 Å². The third-order valence-electron chi connectivity index (χ3n) is 6.36. The number of nitrogens with one attached hydrogen (secondary N) is 2. The summed E-state index contributed by atoms with van der Waals surface area (Å²) in [6.07, 6.45) is 1.82. The van der Waals surface area contributed by atoms with Crippen LogP contribution in [0.25, 0.3) is 0 Å². The number of aromatic nitrogens is 2. The van der Waals surface area contributed by atoms with Gasteiger partial charge >= 0.3 is 6.18 Å². The van der Waals surface area contributed by atoms with E-state index in [4.69, 9.17) is 11.6 Å². The maximum Gasteiger partial charge on any atom is 0.418 e. The van der Waals surface area contributed by atoms with E-state index in [1.54, 1.807) is 6.07 Å². The molecular formula is C24H33ClF3N7. The maximum atomic E-state index is 13.9. The van der Waals surface area contributed by atoms with E-state index in [0.717, 1.165) is 32.4 Å². The van der Waals surface area contributed by atoms with Gasteiger partial charge in [-0.15, -0.1) is 6.58 Å². The Kier molecular flexibility index (Phi) is 9.21. The van der Waals surface area contributed by atoms with Crippen molar-refractivity contribution in [3.8, 4) is 0 Å². The van der Waals surface area contributed by atoms with Crippen molar-refractivity contribution in [3.63, 3.8) is 0 Å². The van der Waals surface area contributed by atoms with Crippen molar-refractivity contribution in [1.29, 1.82) is 0 Å². The molecule has 1 aliphatic carbocycles. The Hall–Kier alpha value is -2.56. The minimum atomic E-state index is -4.53. The minimum Gasteiger partial charge on any atom is -0.369 e. The number of benzene rings is 1. The van der Waals surface area contributed by atoms with Crippen LogP contribution in [0.3, 0.4) is 0 Å². The van der Waals surface area contributed by atoms with E-state index in [0.29, 0.717) is 35.5 Å². The molecule has 1 aromatic carbocycles. The quantitative estimate of drug-likeness (QED) is 0.471. The summed E-state index contributed by atoms with van der Waals surface area (Å²) in [6.45, 7) is 6.86. The fourth-order valence-corrected chi connectivity index (χ4v) is 4.56. The Bertz CT molecular complexity index is 994. The van der Waals surface area contributed by atoms with Gasteiger partial charge in [0.15, 0.2) is 5.82 Å². The highest BCUT2D eigenvalue weighted by molar-refractivity contribution is 6.32. The minimum absolute atomic E-state index is 0.0490. The van der Waals surface area contributed by atoms with E-state index in [1.165, 1.54) is 25.4 Å². The lowest BCUT2D eigenvalue weighted by atomic mass is 10.0. The Labute approximate surface area is 209 Å². The maximum absolute atomic E-state index is 13.9. The monoisotopic (exact) mass is 511 g/mol. The molecule has 0 bridgehead atoms. The molecule has 1 aromatic heterocycles. The van der Waals surface area contributed by atoms with Gasteiger partial charge in [-0.1, -0.05) is 24.1 Å². The first-order chi connectivity index (χ1) is 16.7. The van der Waals surface area contributed by atoms with Crippen LogP contribution in [0.15, 0.2) is 37.1 Å². The lowest BCUT2D eigenvalue weighted by Gasteiger charge is -2.34. The van der Waals surface area contributed by atoms with Crippen molar-refractivity contribution in [3.05, 3.63) is 47.6 Å². The first-order valence-electron chi connectivity index (χ1n) is 11.7. The van der Waals surface area contributed by atoms with Gasteiger partial charge in [0.05, 0.1) is 17.4 Å². The van der Waals surface area contributed by atoms with Gasteiger partial charge in [0, 0.05) is 37.9 Å². The molecular weight excluding hydrogens is 479 g/mol. The molecule has 35 heavy (non-hydrogen) atoms. The van der Waals surface area contributed by atoms with Gasteiger partial charge in [0.2, 0.25) is 5.95 Å². The summed E-state index contributed by atoms with van der Waals surface area (Å²) in [5, 5.41) is 6.37. The Morgan fingerprint density at radius 3 is 2.54 bits per heavy atom. The van der Waals surface area contributed by atoms with Crippen LogP contribution in [0.5, 0.6) is 0 Å². The van der Waals surface area contributed by atoms with Gasteiger partial charge < -0.3 is 26.2 Å². The molecule has 7 nitrogen and oxygen atoms in total. The fourth-order valence-electron chi connectivity index (χ4n) is 4.41. The largest absolute Gasteiger partial charge is 0.418 e. The van der Waals surface area contributed by atoms with Gasteiger partial charge in [-0.05, 0) is 51.1 Å². The van der Waals surface area contributed by atoms with Crippen LogP contribution in [0.1, 0.15) is 24.8 Å². The number of alkyl halides is 3. The standard InChI is InChI=1S/C23H28ClF3N6.CH5N/c1-3-15-5-4-6-19(15)29-21-18(24)14-28-22(31-21)30-20-8-7-16(13-17(20)23(25,26)27)33-11-9-32(2)10-12-33;1-2/h3,7-8,13-15,19H,1,4-6,9-12H2,2H3,(H2,28,29,30,31);2H2,1H3. The van der Waals surface area contributed by atoms with Crippen molar-refractivity contribution in [1.82, 2.24) is 14.9 Å². The highest BCUT2D eigenvalue weighted by Gasteiger charge is 2.35. The summed E-state index contributed by atoms with van der Waals surface area (Å²) < 4.78 is 41.7. The number of piperazine rings is 1. The van der Waals surface area contributed by atoms with E-state index in [2.05, 4.69) is 37.8 Å². The Balaban J connectivity index is 0.00000167. The predicted octanol–water partition coefficient (Wildman–Crippen LogP) is 4.99. The fraction of sp³-hybridized carbons (Fsp3) is 0.500. The first-order valence-corrected chi connectivity index (χ1v) is 12.0. The van der Waals surface area contributed by atoms with Crippen LogP contribution >= 0.6 is 11.6 Å². The Morgan fingerprint density at radius 1 is 1.17 bits per heavy atom. The zero-order chi connectivity index (χ0) is 25.6. The number of hydrogen-bond acceptors (Lipinski definition) is 7. The lowest BCUT2D eigenvalue weighted by Crippen LogP contribution is -2.44. The highest BCUT2D eigenvalue weighted by atomic mass is 35.5. The number of halogens is 4. The van der Waals surface area contributed by atoms with Crippen molar-refractivity contribution < 1.29 is 13.2 Å². The molecule has 1 saturated carbocycles. The van der Waals surface area contributed by atoms with Gasteiger partial charge in [-0.3, -0.25) is 0 Å². The second-order valence-electron chi connectivity index (χ2n) is 8.61. The number of nitrogens with two attached hydrogens (primary N) is 1. The molecule has 2 unspecified atom stereocenters. The molecule has 1 aliphatic heterocycles. The van der Waals surface area contributed by atoms with E-state index < -0.39 is 11.7 Å². The summed E-state index contributed by atoms with van der Waals surface area (Å²) in [5.74, 6) is 0.745. The first kappa shape index (κ1) is 27.0. The van der Waals surface area contributed by atoms with Gasteiger partial charge in [0.25, 0.3) is 0 Å². The van der Waals surface area contributed by atoms with Crippen molar-refractivity contribution in [2.75, 3.05) is 55.8 Å². The van der Waals surface area contributed by atoms with Crippen LogP contribution in [-0.4, -0.2) is 61.2 Å². The zero-order valence-electron chi connectivity index (χ0n) is 20.1. The van der Waals surface area contributed by atoms with Crippen LogP contribution < -0.4 is 21.3 Å². The summed E-state index contributed by atoms with van der Waals surface area (Å²) in [7, 11) is 3.50. The van der Waals surface area contributed by atoms with Crippen molar-refractivity contribution in [2.24, 2.45) is 11.7 Å². The smallest absolute Gasteiger partial charge is 0.369 e. The average Bonchev–Trinajstić information content (AvgIpc) is 3.30. The van der Waals surface area contributed by atoms with E-state index in [-0.39, 0.29) is 17.7 Å². The average molecular weight is 512 g/mol. The molecule has 2 fully saturated rings. The molecule has 1 saturated heterocycles. The molecule has 2 aromatic rings. The summed E-state index contributed by atoms with van der Waals surface area (Å²) in [5.41, 5.74) is 4.20. The number of rotatable bonds is 6. The molecule has 2 heterocycles. The summed E-state index contributed by atoms with van der Waals surface area (Å²) in [6, 6.07) is 4.46. The normalized spacial score (nSPS) is 20.7. The SMILES string of the molecule is C=CC1CCCC1Nc1nc(Nc2ccc(N3CCN(C)CC3)cc2C(F)(F)F)ncc1Cl.CN. The number of nitrogens with zero attached hydrogens (tertiary/aromatic N) is 4. The van der Waals surface area contributed by atoms with Gasteiger partial charge in [-0.25, -0.2) is 4.98 Å². The van der Waals surface area contributed by atoms with Crippen LogP contribution in [0.4, 0.5) is 36.3 Å². The second-order valence-corrected chi connectivity index (χ2v) is 9.02. The van der Waals surface area contributed by atoms with Crippen molar-refractivity contribution >= 4 is 34.7 Å². The van der Waals surface area contributed by atoms with Gasteiger partial charge in [0.1, 0.15) is 5.02 Å². The third-order valence-corrected chi connectivity index (χ3v) is 6.64. The van der Waals surface area contributed by atoms with Crippen LogP contribution in [-0.2, 0) is 6.18 Å². The highest BCUT2D eigenvalue weighted by Crippen LogP contribution is 2.39. The van der Waals surface area contributed by atoms with Gasteiger partial charge in [-0.2, -0.15) is 18.2 Å². The molecule has 4 N–H and O–H groups in total. The molecule has 0 spiro atoms. The lowest BCUT2D eigenvalue weighted by molar-refractivity contribution is -0.136.